The Morgan fingerprint density at radius 2 is 1.90 bits per heavy atom. The zero-order valence-corrected chi connectivity index (χ0v) is 29.5. The smallest absolute Gasteiger partial charge is 0.251 e. The lowest BCUT2D eigenvalue weighted by atomic mass is 9.94. The van der Waals surface area contributed by atoms with Crippen molar-refractivity contribution in [1.29, 1.82) is 0 Å². The van der Waals surface area contributed by atoms with Crippen LogP contribution in [0.3, 0.4) is 0 Å². The van der Waals surface area contributed by atoms with Crippen LogP contribution in [0.4, 0.5) is 22.0 Å². The molecule has 0 fully saturated rings. The van der Waals surface area contributed by atoms with E-state index in [1.165, 1.54) is 18.6 Å². The third-order valence-electron chi connectivity index (χ3n) is 9.52. The minimum Gasteiger partial charge on any atom is -0.490 e. The van der Waals surface area contributed by atoms with Gasteiger partial charge in [-0.25, -0.2) is 26.9 Å². The van der Waals surface area contributed by atoms with Crippen LogP contribution in [0.15, 0.2) is 48.5 Å². The summed E-state index contributed by atoms with van der Waals surface area (Å²) in [5.74, 6) is -2.96. The summed E-state index contributed by atoms with van der Waals surface area (Å²) in [7, 11) is 1.46. The van der Waals surface area contributed by atoms with Crippen molar-refractivity contribution in [3.8, 4) is 39.5 Å². The van der Waals surface area contributed by atoms with Crippen molar-refractivity contribution in [2.45, 2.75) is 45.3 Å². The number of methoxy groups -OCH3 is 1. The van der Waals surface area contributed by atoms with Gasteiger partial charge in [0.2, 0.25) is 5.91 Å². The van der Waals surface area contributed by atoms with Crippen LogP contribution < -0.4 is 4.74 Å². The summed E-state index contributed by atoms with van der Waals surface area (Å²) in [6.07, 6.45) is 0.834. The van der Waals surface area contributed by atoms with E-state index in [2.05, 4.69) is 11.6 Å². The monoisotopic (exact) mass is 738 g/mol. The van der Waals surface area contributed by atoms with Crippen molar-refractivity contribution in [2.75, 3.05) is 40.0 Å². The lowest BCUT2D eigenvalue weighted by Gasteiger charge is -2.36. The molecule has 15 heteroatoms. The van der Waals surface area contributed by atoms with Crippen molar-refractivity contribution in [3.63, 3.8) is 0 Å². The predicted molar refractivity (Wildman–Crippen MR) is 187 cm³/mol. The number of pyridine rings is 2. The summed E-state index contributed by atoms with van der Waals surface area (Å²) in [6, 6.07) is 4.68. The van der Waals surface area contributed by atoms with Gasteiger partial charge in [0.25, 0.3) is 6.43 Å². The molecule has 0 saturated heterocycles. The Kier molecular flexibility index (Phi) is 9.85. The number of hydrogen-bond donors (Lipinski definition) is 0. The number of thiophene rings is 1. The molecule has 7 rings (SSSR count). The zero-order valence-electron chi connectivity index (χ0n) is 28.6. The molecule has 1 amide bonds. The number of aromatic nitrogens is 4. The molecular formula is C37H35F5N6O3S. The number of carbonyl (C=O) groups is 1. The lowest BCUT2D eigenvalue weighted by Crippen LogP contribution is -2.42. The average Bonchev–Trinajstić information content (AvgIpc) is 3.74. The zero-order chi connectivity index (χ0) is 36.8. The van der Waals surface area contributed by atoms with E-state index < -0.39 is 29.9 Å². The Labute approximate surface area is 300 Å². The highest BCUT2D eigenvalue weighted by Gasteiger charge is 2.35. The van der Waals surface area contributed by atoms with Gasteiger partial charge in [0.1, 0.15) is 41.2 Å². The van der Waals surface area contributed by atoms with E-state index in [4.69, 9.17) is 19.6 Å². The second kappa shape index (κ2) is 14.4. The van der Waals surface area contributed by atoms with Gasteiger partial charge in [-0.2, -0.15) is 5.10 Å². The first-order valence-corrected chi connectivity index (χ1v) is 17.6. The summed E-state index contributed by atoms with van der Waals surface area (Å²) in [4.78, 5) is 25.8. The molecule has 0 spiro atoms. The second-order valence-corrected chi connectivity index (χ2v) is 13.8. The molecule has 2 aliphatic rings. The Morgan fingerprint density at radius 1 is 1.10 bits per heavy atom. The molecule has 1 aromatic carbocycles. The average molecular weight is 739 g/mol. The number of fused-ring (bicyclic) bond motifs is 3. The normalized spacial score (nSPS) is 17.4. The van der Waals surface area contributed by atoms with E-state index in [1.807, 2.05) is 19.9 Å². The molecule has 0 unspecified atom stereocenters. The van der Waals surface area contributed by atoms with Gasteiger partial charge < -0.3 is 14.4 Å². The molecule has 9 nitrogen and oxygen atoms in total. The van der Waals surface area contributed by atoms with Crippen LogP contribution in [0.1, 0.15) is 42.9 Å². The van der Waals surface area contributed by atoms with Crippen LogP contribution in [0.2, 0.25) is 0 Å². The van der Waals surface area contributed by atoms with Crippen molar-refractivity contribution < 1.29 is 36.2 Å². The summed E-state index contributed by atoms with van der Waals surface area (Å²) >= 11 is 1.07. The van der Waals surface area contributed by atoms with E-state index >= 15 is 8.78 Å². The summed E-state index contributed by atoms with van der Waals surface area (Å²) in [5.41, 5.74) is 3.28. The minimum atomic E-state index is -2.47. The molecule has 0 saturated carbocycles. The highest BCUT2D eigenvalue weighted by atomic mass is 32.1. The SMILES string of the molecule is C=CC(=O)N1C[C@H](C)n2nc(-c3nc(-c4cnc5c(c4)CCN(CC(F)F)C5)c4scc(F)c4c3-c3c(F)cc(F)cc3OCCOC)cc2[C@H]1C. The molecule has 2 atom stereocenters. The standard InChI is InChI=1S/C37H35F5N6O3S/c1-5-31(49)47-15-19(2)48-28(20(47)3)13-26(45-48)36-34(32-24(39)11-23(38)12-29(32)51-9-8-50-4)33-25(40)18-52-37(33)35(44-36)22-10-21-6-7-46(17-30(41)42)16-27(21)43-14-22/h5,10-14,18-20,30H,1,6-9,15-17H2,2-4H3/t19-,20+/m0/s1. The number of hydrogen-bond acceptors (Lipinski definition) is 8. The minimum absolute atomic E-state index is 0.0192. The molecule has 2 aliphatic heterocycles. The number of benzene rings is 1. The predicted octanol–water partition coefficient (Wildman–Crippen LogP) is 7.60. The fourth-order valence-electron chi connectivity index (χ4n) is 7.06. The molecule has 5 aromatic rings. The molecule has 272 valence electrons. The van der Waals surface area contributed by atoms with Crippen molar-refractivity contribution in [1.82, 2.24) is 29.5 Å². The van der Waals surface area contributed by atoms with Crippen LogP contribution in [0, 0.1) is 17.5 Å². The van der Waals surface area contributed by atoms with Gasteiger partial charge in [0.15, 0.2) is 0 Å². The van der Waals surface area contributed by atoms with Gasteiger partial charge in [0, 0.05) is 67.0 Å². The van der Waals surface area contributed by atoms with Crippen LogP contribution in [-0.2, 0) is 22.5 Å². The van der Waals surface area contributed by atoms with Crippen LogP contribution in [-0.4, -0.2) is 81.8 Å². The van der Waals surface area contributed by atoms with Crippen molar-refractivity contribution in [3.05, 3.63) is 82.9 Å². The molecule has 0 bridgehead atoms. The van der Waals surface area contributed by atoms with Crippen LogP contribution >= 0.6 is 11.3 Å². The number of halogens is 5. The van der Waals surface area contributed by atoms with Crippen LogP contribution in [0.5, 0.6) is 5.75 Å². The third kappa shape index (κ3) is 6.45. The molecule has 52 heavy (non-hydrogen) atoms. The number of nitrogens with zero attached hydrogens (tertiary/aromatic N) is 6. The van der Waals surface area contributed by atoms with Gasteiger partial charge in [-0.1, -0.05) is 6.58 Å². The number of amides is 1. The van der Waals surface area contributed by atoms with Crippen molar-refractivity contribution >= 4 is 27.3 Å². The summed E-state index contributed by atoms with van der Waals surface area (Å²) < 4.78 is 86.5. The Morgan fingerprint density at radius 3 is 2.65 bits per heavy atom. The fourth-order valence-corrected chi connectivity index (χ4v) is 7.99. The molecule has 0 aliphatic carbocycles. The summed E-state index contributed by atoms with van der Waals surface area (Å²) in [5, 5.41) is 6.23. The Balaban J connectivity index is 1.47. The van der Waals surface area contributed by atoms with E-state index in [9.17, 15) is 18.0 Å². The molecular weight excluding hydrogens is 704 g/mol. The van der Waals surface area contributed by atoms with E-state index in [-0.39, 0.29) is 71.9 Å². The Bertz CT molecular complexity index is 2190. The van der Waals surface area contributed by atoms with E-state index in [1.54, 1.807) is 26.7 Å². The third-order valence-corrected chi connectivity index (χ3v) is 10.5. The maximum atomic E-state index is 16.2. The number of rotatable bonds is 10. The van der Waals surface area contributed by atoms with Gasteiger partial charge in [0.05, 0.1) is 52.6 Å². The van der Waals surface area contributed by atoms with E-state index in [0.29, 0.717) is 52.9 Å². The lowest BCUT2D eigenvalue weighted by molar-refractivity contribution is -0.129. The van der Waals surface area contributed by atoms with Gasteiger partial charge in [-0.15, -0.1) is 11.3 Å². The largest absolute Gasteiger partial charge is 0.490 e. The maximum Gasteiger partial charge on any atom is 0.251 e. The molecule has 4 aromatic heterocycles. The van der Waals surface area contributed by atoms with Crippen LogP contribution in [0.25, 0.3) is 43.9 Å². The molecule has 6 heterocycles. The van der Waals surface area contributed by atoms with E-state index in [0.717, 1.165) is 23.0 Å². The first-order chi connectivity index (χ1) is 25.0. The van der Waals surface area contributed by atoms with Gasteiger partial charge in [-0.3, -0.25) is 19.4 Å². The first-order valence-electron chi connectivity index (χ1n) is 16.7. The number of ether oxygens (including phenoxy) is 2. The summed E-state index contributed by atoms with van der Waals surface area (Å²) in [6.45, 7) is 8.15. The topological polar surface area (TPSA) is 85.6 Å². The Hall–Kier alpha value is -4.73. The highest BCUT2D eigenvalue weighted by Crippen LogP contribution is 2.48. The van der Waals surface area contributed by atoms with Gasteiger partial charge in [-0.05, 0) is 44.0 Å². The fraction of sp³-hybridized carbons (Fsp3) is 0.351. The quantitative estimate of drug-likeness (QED) is 0.0829. The highest BCUT2D eigenvalue weighted by molar-refractivity contribution is 7.17. The second-order valence-electron chi connectivity index (χ2n) is 12.9. The molecule has 0 radical (unpaired) electrons. The maximum absolute atomic E-state index is 16.2. The molecule has 0 N–H and O–H groups in total. The number of carbonyl (C=O) groups excluding carboxylic acids is 1. The van der Waals surface area contributed by atoms with Gasteiger partial charge >= 0.3 is 0 Å². The number of alkyl halides is 2. The first kappa shape index (κ1) is 35.7. The van der Waals surface area contributed by atoms with Crippen molar-refractivity contribution in [2.24, 2.45) is 0 Å².